The molecule has 60 valence electrons. The summed E-state index contributed by atoms with van der Waals surface area (Å²) in [5.74, 6) is 0. The molecule has 0 aliphatic carbocycles. The van der Waals surface area contributed by atoms with E-state index < -0.39 is 0 Å². The van der Waals surface area contributed by atoms with Gasteiger partial charge in [0.05, 0.1) is 6.10 Å². The molecule has 1 rings (SSSR count). The van der Waals surface area contributed by atoms with Crippen molar-refractivity contribution in [2.45, 2.75) is 38.3 Å². The molecule has 2 heteroatoms. The first-order valence-electron chi connectivity index (χ1n) is 3.96. The summed E-state index contributed by atoms with van der Waals surface area (Å²) in [5.41, 5.74) is 0.0417. The van der Waals surface area contributed by atoms with E-state index in [1.54, 1.807) is 0 Å². The second-order valence-electron chi connectivity index (χ2n) is 3.56. The molecule has 1 heterocycles. The maximum atomic E-state index is 9.44. The number of aliphatic hydroxyl groups is 1. The van der Waals surface area contributed by atoms with Gasteiger partial charge < -0.3 is 5.11 Å². The lowest BCUT2D eigenvalue weighted by Gasteiger charge is -2.34. The predicted molar refractivity (Wildman–Crippen MR) is 41.9 cm³/mol. The highest BCUT2D eigenvalue weighted by Gasteiger charge is 2.37. The fourth-order valence-electron chi connectivity index (χ4n) is 1.65. The summed E-state index contributed by atoms with van der Waals surface area (Å²) in [6.07, 6.45) is 2.14. The largest absolute Gasteiger partial charge is 0.391 e. The van der Waals surface area contributed by atoms with Crippen LogP contribution in [-0.2, 0) is 0 Å². The molecular weight excluding hydrogens is 126 g/mol. The van der Waals surface area contributed by atoms with Gasteiger partial charge >= 0.3 is 0 Å². The van der Waals surface area contributed by atoms with Gasteiger partial charge in [0.25, 0.3) is 0 Å². The molecule has 1 aliphatic rings. The summed E-state index contributed by atoms with van der Waals surface area (Å²) >= 11 is 0. The van der Waals surface area contributed by atoms with Crippen molar-refractivity contribution >= 4 is 0 Å². The molecule has 0 aromatic carbocycles. The van der Waals surface area contributed by atoms with Crippen LogP contribution in [0, 0.1) is 0 Å². The zero-order chi connectivity index (χ0) is 7.78. The monoisotopic (exact) mass is 143 g/mol. The van der Waals surface area contributed by atoms with E-state index in [9.17, 15) is 5.11 Å². The summed E-state index contributed by atoms with van der Waals surface area (Å²) in [6, 6.07) is 0. The van der Waals surface area contributed by atoms with Crippen LogP contribution in [0.3, 0.4) is 0 Å². The molecule has 2 atom stereocenters. The number of rotatable bonds is 1. The highest BCUT2D eigenvalue weighted by molar-refractivity contribution is 4.93. The van der Waals surface area contributed by atoms with Crippen molar-refractivity contribution in [3.63, 3.8) is 0 Å². The van der Waals surface area contributed by atoms with Crippen molar-refractivity contribution in [3.05, 3.63) is 0 Å². The van der Waals surface area contributed by atoms with E-state index in [1.807, 2.05) is 6.92 Å². The third kappa shape index (κ3) is 1.06. The predicted octanol–water partition coefficient (Wildman–Crippen LogP) is 0.851. The number of likely N-dealkylation sites (tertiary alicyclic amines) is 1. The molecule has 0 amide bonds. The van der Waals surface area contributed by atoms with Crippen molar-refractivity contribution in [2.75, 3.05) is 13.6 Å². The van der Waals surface area contributed by atoms with E-state index in [0.29, 0.717) is 0 Å². The average Bonchev–Trinajstić information content (AvgIpc) is 2.15. The van der Waals surface area contributed by atoms with Crippen LogP contribution in [0.25, 0.3) is 0 Å². The molecule has 10 heavy (non-hydrogen) atoms. The summed E-state index contributed by atoms with van der Waals surface area (Å²) in [7, 11) is 2.08. The highest BCUT2D eigenvalue weighted by atomic mass is 16.3. The molecule has 0 aromatic heterocycles. The first-order valence-corrected chi connectivity index (χ1v) is 3.96. The number of nitrogens with zero attached hydrogens (tertiary/aromatic N) is 1. The number of aliphatic hydroxyl groups excluding tert-OH is 1. The van der Waals surface area contributed by atoms with E-state index in [4.69, 9.17) is 0 Å². The van der Waals surface area contributed by atoms with E-state index in [1.165, 1.54) is 6.42 Å². The van der Waals surface area contributed by atoms with Crippen LogP contribution in [0.5, 0.6) is 0 Å². The van der Waals surface area contributed by atoms with Crippen LogP contribution < -0.4 is 0 Å². The van der Waals surface area contributed by atoms with Crippen molar-refractivity contribution in [3.8, 4) is 0 Å². The molecule has 0 radical (unpaired) electrons. The highest BCUT2D eigenvalue weighted by Crippen LogP contribution is 2.29. The molecule has 2 nitrogen and oxygen atoms in total. The second-order valence-corrected chi connectivity index (χ2v) is 3.56. The van der Waals surface area contributed by atoms with Crippen LogP contribution in [0.2, 0.25) is 0 Å². The molecule has 0 aromatic rings. The number of hydrogen-bond acceptors (Lipinski definition) is 2. The van der Waals surface area contributed by atoms with E-state index >= 15 is 0 Å². The molecule has 0 saturated carbocycles. The normalized spacial score (nSPS) is 38.4. The number of likely N-dealkylation sites (N-methyl/N-ethyl adjacent to an activating group) is 1. The molecule has 1 N–H and O–H groups in total. The summed E-state index contributed by atoms with van der Waals surface area (Å²) < 4.78 is 0. The molecule has 1 fully saturated rings. The third-order valence-electron chi connectivity index (χ3n) is 2.95. The van der Waals surface area contributed by atoms with Gasteiger partial charge in [-0.25, -0.2) is 0 Å². The smallest absolute Gasteiger partial charge is 0.0692 e. The van der Waals surface area contributed by atoms with Gasteiger partial charge in [0.2, 0.25) is 0 Å². The first-order chi connectivity index (χ1) is 4.57. The van der Waals surface area contributed by atoms with Gasteiger partial charge in [0.15, 0.2) is 0 Å². The fraction of sp³-hybridized carbons (Fsp3) is 1.00. The maximum Gasteiger partial charge on any atom is 0.0692 e. The molecule has 1 saturated heterocycles. The van der Waals surface area contributed by atoms with E-state index in [0.717, 1.165) is 13.0 Å². The van der Waals surface area contributed by atoms with E-state index in [2.05, 4.69) is 18.9 Å². The van der Waals surface area contributed by atoms with Crippen molar-refractivity contribution in [1.29, 1.82) is 0 Å². The minimum absolute atomic E-state index is 0.0417. The van der Waals surface area contributed by atoms with Crippen LogP contribution in [-0.4, -0.2) is 35.2 Å². The van der Waals surface area contributed by atoms with Gasteiger partial charge in [-0.1, -0.05) is 0 Å². The summed E-state index contributed by atoms with van der Waals surface area (Å²) in [6.45, 7) is 5.13. The molecule has 1 aliphatic heterocycles. The Morgan fingerprint density at radius 3 is 2.40 bits per heavy atom. The standard InChI is InChI=1S/C8H17NO/c1-7(10)8(2)5-4-6-9(8)3/h7,10H,4-6H2,1-3H3/t7-,8-/m1/s1. The average molecular weight is 143 g/mol. The van der Waals surface area contributed by atoms with Crippen LogP contribution in [0.1, 0.15) is 26.7 Å². The summed E-state index contributed by atoms with van der Waals surface area (Å²) in [5, 5.41) is 9.44. The van der Waals surface area contributed by atoms with Gasteiger partial charge in [-0.05, 0) is 40.3 Å². The SMILES string of the molecule is C[C@@H](O)[C@@]1(C)CCCN1C. The van der Waals surface area contributed by atoms with Gasteiger partial charge in [-0.3, -0.25) is 4.90 Å². The second kappa shape index (κ2) is 2.51. The fourth-order valence-corrected chi connectivity index (χ4v) is 1.65. The van der Waals surface area contributed by atoms with Gasteiger partial charge in [-0.15, -0.1) is 0 Å². The zero-order valence-electron chi connectivity index (χ0n) is 7.09. The van der Waals surface area contributed by atoms with E-state index in [-0.39, 0.29) is 11.6 Å². The Labute approximate surface area is 62.8 Å². The lowest BCUT2D eigenvalue weighted by molar-refractivity contribution is 0.0300. The zero-order valence-corrected chi connectivity index (χ0v) is 7.09. The lowest BCUT2D eigenvalue weighted by Crippen LogP contribution is -2.47. The molecule has 0 spiro atoms. The Morgan fingerprint density at radius 1 is 1.60 bits per heavy atom. The lowest BCUT2D eigenvalue weighted by atomic mass is 9.93. The maximum absolute atomic E-state index is 9.44. The molecular formula is C8H17NO. The Bertz CT molecular complexity index is 124. The Balaban J connectivity index is 2.66. The Hall–Kier alpha value is -0.0800. The van der Waals surface area contributed by atoms with Gasteiger partial charge in [0, 0.05) is 5.54 Å². The van der Waals surface area contributed by atoms with Crippen molar-refractivity contribution < 1.29 is 5.11 Å². The Morgan fingerprint density at radius 2 is 2.20 bits per heavy atom. The van der Waals surface area contributed by atoms with Crippen LogP contribution >= 0.6 is 0 Å². The Kier molecular flexibility index (Phi) is 2.02. The van der Waals surface area contributed by atoms with Crippen molar-refractivity contribution in [2.24, 2.45) is 0 Å². The quantitative estimate of drug-likeness (QED) is 0.588. The topological polar surface area (TPSA) is 23.5 Å². The van der Waals surface area contributed by atoms with Crippen molar-refractivity contribution in [1.82, 2.24) is 4.90 Å². The minimum Gasteiger partial charge on any atom is -0.391 e. The minimum atomic E-state index is -0.208. The van der Waals surface area contributed by atoms with Crippen LogP contribution in [0.4, 0.5) is 0 Å². The van der Waals surface area contributed by atoms with Crippen LogP contribution in [0.15, 0.2) is 0 Å². The third-order valence-corrected chi connectivity index (χ3v) is 2.95. The molecule has 0 unspecified atom stereocenters. The molecule has 0 bridgehead atoms. The summed E-state index contributed by atoms with van der Waals surface area (Å²) in [4.78, 5) is 2.25. The first kappa shape index (κ1) is 8.02. The number of hydrogen-bond donors (Lipinski definition) is 1. The van der Waals surface area contributed by atoms with Gasteiger partial charge in [-0.2, -0.15) is 0 Å². The van der Waals surface area contributed by atoms with Gasteiger partial charge in [0.1, 0.15) is 0 Å².